The fourth-order valence-corrected chi connectivity index (χ4v) is 3.33. The van der Waals surface area contributed by atoms with Crippen LogP contribution in [-0.2, 0) is 16.1 Å². The molecule has 1 aliphatic rings. The first kappa shape index (κ1) is 17.9. The molecule has 1 N–H and O–H groups in total. The number of aromatic nitrogens is 1. The molecule has 2 amide bonds. The quantitative estimate of drug-likeness (QED) is 0.838. The first-order chi connectivity index (χ1) is 12.5. The van der Waals surface area contributed by atoms with Crippen LogP contribution in [0, 0.1) is 19.8 Å². The van der Waals surface area contributed by atoms with Gasteiger partial charge in [0.1, 0.15) is 5.92 Å². The zero-order chi connectivity index (χ0) is 18.7. The maximum absolute atomic E-state index is 12.7. The number of carbonyl (C=O) groups is 2. The number of aryl methyl sites for hydroxylation is 2. The average Bonchev–Trinajstić information content (AvgIpc) is 3.00. The second-order valence-corrected chi connectivity index (χ2v) is 6.57. The van der Waals surface area contributed by atoms with Gasteiger partial charge in [-0.1, -0.05) is 12.1 Å². The van der Waals surface area contributed by atoms with E-state index in [1.54, 1.807) is 17.2 Å². The number of hydrogen-bond acceptors (Lipinski definition) is 4. The molecule has 6 nitrogen and oxygen atoms in total. The minimum atomic E-state index is -0.654. The molecule has 1 saturated heterocycles. The first-order valence-corrected chi connectivity index (χ1v) is 8.65. The maximum atomic E-state index is 12.7. The number of ether oxygens (including phenoxy) is 1. The van der Waals surface area contributed by atoms with Crippen molar-refractivity contribution in [3.63, 3.8) is 0 Å². The molecule has 3 rings (SSSR count). The summed E-state index contributed by atoms with van der Waals surface area (Å²) in [6, 6.07) is 9.64. The Hall–Kier alpha value is -2.89. The van der Waals surface area contributed by atoms with Crippen molar-refractivity contribution in [3.05, 3.63) is 53.2 Å². The summed E-state index contributed by atoms with van der Waals surface area (Å²) in [7, 11) is 1.54. The summed E-state index contributed by atoms with van der Waals surface area (Å²) in [5, 5.41) is 2.83. The maximum Gasteiger partial charge on any atom is 0.239 e. The predicted molar refractivity (Wildman–Crippen MR) is 99.0 cm³/mol. The minimum Gasteiger partial charge on any atom is -0.481 e. The van der Waals surface area contributed by atoms with Gasteiger partial charge >= 0.3 is 0 Å². The van der Waals surface area contributed by atoms with Crippen molar-refractivity contribution < 1.29 is 14.3 Å². The lowest BCUT2D eigenvalue weighted by atomic mass is 10.1. The largest absolute Gasteiger partial charge is 0.481 e. The first-order valence-electron chi connectivity index (χ1n) is 8.65. The molecule has 0 bridgehead atoms. The normalized spacial score (nSPS) is 16.7. The molecule has 1 aromatic carbocycles. The van der Waals surface area contributed by atoms with Crippen molar-refractivity contribution in [2.45, 2.75) is 26.8 Å². The fourth-order valence-electron chi connectivity index (χ4n) is 3.33. The van der Waals surface area contributed by atoms with E-state index >= 15 is 0 Å². The number of nitrogens with zero attached hydrogens (tertiary/aromatic N) is 2. The third kappa shape index (κ3) is 3.69. The molecule has 136 valence electrons. The van der Waals surface area contributed by atoms with E-state index in [0.29, 0.717) is 18.8 Å². The summed E-state index contributed by atoms with van der Waals surface area (Å²) >= 11 is 0. The van der Waals surface area contributed by atoms with Crippen LogP contribution in [-0.4, -0.2) is 30.5 Å². The average molecular weight is 353 g/mol. The summed E-state index contributed by atoms with van der Waals surface area (Å²) in [6.07, 6.45) is 2.15. The van der Waals surface area contributed by atoms with Gasteiger partial charge in [0.2, 0.25) is 17.7 Å². The van der Waals surface area contributed by atoms with E-state index in [9.17, 15) is 9.59 Å². The van der Waals surface area contributed by atoms with Gasteiger partial charge in [-0.15, -0.1) is 0 Å². The zero-order valence-electron chi connectivity index (χ0n) is 15.3. The van der Waals surface area contributed by atoms with Gasteiger partial charge in [-0.2, -0.15) is 0 Å². The Morgan fingerprint density at radius 2 is 2.04 bits per heavy atom. The highest BCUT2D eigenvalue weighted by Crippen LogP contribution is 2.27. The second kappa shape index (κ2) is 7.56. The van der Waals surface area contributed by atoms with Crippen LogP contribution in [0.15, 0.2) is 36.5 Å². The van der Waals surface area contributed by atoms with Gasteiger partial charge in [-0.3, -0.25) is 9.59 Å². The third-order valence-corrected chi connectivity index (χ3v) is 4.54. The van der Waals surface area contributed by atoms with Crippen molar-refractivity contribution in [2.75, 3.05) is 18.6 Å². The van der Waals surface area contributed by atoms with Crippen LogP contribution >= 0.6 is 0 Å². The number of hydrogen-bond donors (Lipinski definition) is 1. The Morgan fingerprint density at radius 3 is 2.73 bits per heavy atom. The van der Waals surface area contributed by atoms with Gasteiger partial charge in [0.25, 0.3) is 0 Å². The van der Waals surface area contributed by atoms with E-state index in [-0.39, 0.29) is 18.4 Å². The Kier molecular flexibility index (Phi) is 5.21. The van der Waals surface area contributed by atoms with E-state index in [0.717, 1.165) is 22.4 Å². The van der Waals surface area contributed by atoms with Crippen LogP contribution in [0.1, 0.15) is 23.1 Å². The summed E-state index contributed by atoms with van der Waals surface area (Å²) in [5.41, 5.74) is 3.84. The van der Waals surface area contributed by atoms with Crippen LogP contribution in [0.3, 0.4) is 0 Å². The Morgan fingerprint density at radius 1 is 1.31 bits per heavy atom. The molecule has 1 aromatic heterocycles. The summed E-state index contributed by atoms with van der Waals surface area (Å²) < 4.78 is 5.18. The number of pyridine rings is 1. The lowest BCUT2D eigenvalue weighted by molar-refractivity contribution is -0.132. The number of carbonyl (C=O) groups excluding carboxylic acids is 2. The second-order valence-electron chi connectivity index (χ2n) is 6.57. The van der Waals surface area contributed by atoms with E-state index in [2.05, 4.69) is 16.4 Å². The summed E-state index contributed by atoms with van der Waals surface area (Å²) in [6.45, 7) is 4.84. The Balaban J connectivity index is 1.67. The van der Waals surface area contributed by atoms with Crippen molar-refractivity contribution in [1.82, 2.24) is 10.3 Å². The predicted octanol–water partition coefficient (Wildman–Crippen LogP) is 2.38. The molecular weight excluding hydrogens is 330 g/mol. The van der Waals surface area contributed by atoms with Gasteiger partial charge < -0.3 is 15.0 Å². The lowest BCUT2D eigenvalue weighted by Crippen LogP contribution is -2.36. The van der Waals surface area contributed by atoms with Gasteiger partial charge in [0.05, 0.1) is 7.11 Å². The standard InChI is InChI=1S/C20H23N3O3/c1-13-9-14(2)11-16(10-13)23-8-6-17(20(23)25)18(24)22-12-15-5-4-7-21-19(15)26-3/h4-5,7,9-11,17H,6,8,12H2,1-3H3,(H,22,24)/t17-/m1/s1. The number of rotatable bonds is 5. The highest BCUT2D eigenvalue weighted by Gasteiger charge is 2.37. The number of nitrogens with one attached hydrogen (secondary N) is 1. The molecule has 0 spiro atoms. The molecule has 0 radical (unpaired) electrons. The molecule has 1 atom stereocenters. The fraction of sp³-hybridized carbons (Fsp3) is 0.350. The van der Waals surface area contributed by atoms with Crippen molar-refractivity contribution in [1.29, 1.82) is 0 Å². The smallest absolute Gasteiger partial charge is 0.239 e. The number of anilines is 1. The zero-order valence-corrected chi connectivity index (χ0v) is 15.3. The molecule has 6 heteroatoms. The molecule has 2 heterocycles. The lowest BCUT2D eigenvalue weighted by Gasteiger charge is -2.18. The SMILES string of the molecule is COc1ncccc1CNC(=O)[C@H]1CCN(c2cc(C)cc(C)c2)C1=O. The van der Waals surface area contributed by atoms with Crippen LogP contribution in [0.5, 0.6) is 5.88 Å². The van der Waals surface area contributed by atoms with Crippen LogP contribution in [0.4, 0.5) is 5.69 Å². The van der Waals surface area contributed by atoms with Crippen LogP contribution < -0.4 is 15.0 Å². The van der Waals surface area contributed by atoms with Crippen LogP contribution in [0.2, 0.25) is 0 Å². The molecule has 1 fully saturated rings. The van der Waals surface area contributed by atoms with Gasteiger partial charge in [-0.25, -0.2) is 4.98 Å². The highest BCUT2D eigenvalue weighted by atomic mass is 16.5. The number of methoxy groups -OCH3 is 1. The molecule has 0 unspecified atom stereocenters. The number of benzene rings is 1. The molecule has 26 heavy (non-hydrogen) atoms. The van der Waals surface area contributed by atoms with Crippen molar-refractivity contribution in [2.24, 2.45) is 5.92 Å². The minimum absolute atomic E-state index is 0.148. The van der Waals surface area contributed by atoms with Crippen molar-refractivity contribution in [3.8, 4) is 5.88 Å². The molecular formula is C20H23N3O3. The van der Waals surface area contributed by atoms with E-state index in [1.165, 1.54) is 7.11 Å². The van der Waals surface area contributed by atoms with E-state index in [1.807, 2.05) is 32.0 Å². The monoisotopic (exact) mass is 353 g/mol. The highest BCUT2D eigenvalue weighted by molar-refractivity contribution is 6.09. The molecule has 2 aromatic rings. The Bertz CT molecular complexity index is 815. The topological polar surface area (TPSA) is 71.5 Å². The van der Waals surface area contributed by atoms with Crippen molar-refractivity contribution >= 4 is 17.5 Å². The van der Waals surface area contributed by atoms with Gasteiger partial charge in [0, 0.05) is 30.5 Å². The number of amides is 2. The summed E-state index contributed by atoms with van der Waals surface area (Å²) in [5.74, 6) is -0.584. The van der Waals surface area contributed by atoms with Gasteiger partial charge in [-0.05, 0) is 49.6 Å². The Labute approximate surface area is 153 Å². The summed E-state index contributed by atoms with van der Waals surface area (Å²) in [4.78, 5) is 31.1. The van der Waals surface area contributed by atoms with E-state index in [4.69, 9.17) is 4.74 Å². The van der Waals surface area contributed by atoms with Gasteiger partial charge in [0.15, 0.2) is 0 Å². The van der Waals surface area contributed by atoms with E-state index < -0.39 is 5.92 Å². The van der Waals surface area contributed by atoms with Crippen LogP contribution in [0.25, 0.3) is 0 Å². The molecule has 1 aliphatic heterocycles. The molecule has 0 saturated carbocycles. The molecule has 0 aliphatic carbocycles. The third-order valence-electron chi connectivity index (χ3n) is 4.54.